The van der Waals surface area contributed by atoms with Crippen LogP contribution in [0.1, 0.15) is 40.8 Å². The van der Waals surface area contributed by atoms with Gasteiger partial charge < -0.3 is 9.88 Å². The molecule has 13 heteroatoms. The summed E-state index contributed by atoms with van der Waals surface area (Å²) < 4.78 is 56.7. The van der Waals surface area contributed by atoms with Crippen LogP contribution in [0.2, 0.25) is 0 Å². The highest BCUT2D eigenvalue weighted by molar-refractivity contribution is 7.98. The van der Waals surface area contributed by atoms with E-state index < -0.39 is 37.4 Å². The third kappa shape index (κ3) is 8.66. The van der Waals surface area contributed by atoms with Gasteiger partial charge in [0.15, 0.2) is 15.6 Å². The van der Waals surface area contributed by atoms with Gasteiger partial charge in [-0.25, -0.2) is 31.3 Å². The van der Waals surface area contributed by atoms with Gasteiger partial charge in [0.2, 0.25) is 0 Å². The van der Waals surface area contributed by atoms with Gasteiger partial charge in [-0.05, 0) is 47.6 Å². The quantitative estimate of drug-likeness (QED) is 0.103. The first-order valence-corrected chi connectivity index (χ1v) is 19.9. The maximum atomic E-state index is 13.7. The van der Waals surface area contributed by atoms with E-state index in [0.717, 1.165) is 17.5 Å². The standard InChI is InChI=1S/C36H36N4O6S3/c1-3-12-33-38-35(47-2)34(31(41)25-48(43,44)29-15-8-5-9-16-29)40(33)24-27-19-21-28(22-20-27)30-17-10-11-18-32(30)49(45,46)39-36(42)37-23-26-13-6-4-7-14-26/h4-11,13-22H,3,12,23-25H2,1-2H3,(H2,37,39,42). The van der Waals surface area contributed by atoms with Crippen LogP contribution in [0.3, 0.4) is 0 Å². The third-order valence-electron chi connectivity index (χ3n) is 7.67. The number of aryl methyl sites for hydroxylation is 1. The average molecular weight is 717 g/mol. The van der Waals surface area contributed by atoms with Gasteiger partial charge in [0.1, 0.15) is 22.3 Å². The highest BCUT2D eigenvalue weighted by Gasteiger charge is 2.28. The Morgan fingerprint density at radius 1 is 0.796 bits per heavy atom. The van der Waals surface area contributed by atoms with E-state index in [0.29, 0.717) is 28.4 Å². The number of ketones is 1. The Bertz CT molecular complexity index is 2150. The Morgan fingerprint density at radius 2 is 1.43 bits per heavy atom. The number of hydrogen-bond donors (Lipinski definition) is 2. The fraction of sp³-hybridized carbons (Fsp3) is 0.194. The minimum absolute atomic E-state index is 0.0606. The van der Waals surface area contributed by atoms with Gasteiger partial charge in [-0.3, -0.25) is 4.79 Å². The number of sulfone groups is 1. The lowest BCUT2D eigenvalue weighted by atomic mass is 10.0. The third-order valence-corrected chi connectivity index (χ3v) is 11.4. The number of carbonyl (C=O) groups is 2. The smallest absolute Gasteiger partial charge is 0.328 e. The van der Waals surface area contributed by atoms with Crippen molar-refractivity contribution >= 4 is 43.4 Å². The molecule has 0 unspecified atom stereocenters. The number of urea groups is 1. The molecule has 2 amide bonds. The maximum Gasteiger partial charge on any atom is 0.328 e. The molecule has 0 saturated heterocycles. The van der Waals surface area contributed by atoms with Gasteiger partial charge in [0.05, 0.1) is 9.79 Å². The van der Waals surface area contributed by atoms with Crippen molar-refractivity contribution in [2.24, 2.45) is 0 Å². The summed E-state index contributed by atoms with van der Waals surface area (Å²) in [7, 11) is -8.11. The summed E-state index contributed by atoms with van der Waals surface area (Å²) in [6.07, 6.45) is 3.15. The average Bonchev–Trinajstić information content (AvgIpc) is 3.45. The van der Waals surface area contributed by atoms with E-state index in [4.69, 9.17) is 4.98 Å². The van der Waals surface area contributed by atoms with Crippen molar-refractivity contribution in [3.8, 4) is 11.1 Å². The fourth-order valence-corrected chi connectivity index (χ4v) is 8.32. The number of nitrogens with zero attached hydrogens (tertiary/aromatic N) is 2. The molecular formula is C36H36N4O6S3. The van der Waals surface area contributed by atoms with Crippen LogP contribution in [0, 0.1) is 0 Å². The van der Waals surface area contributed by atoms with Crippen LogP contribution < -0.4 is 10.0 Å². The zero-order valence-electron chi connectivity index (χ0n) is 27.0. The van der Waals surface area contributed by atoms with E-state index in [9.17, 15) is 26.4 Å². The second-order valence-electron chi connectivity index (χ2n) is 11.2. The molecule has 0 spiro atoms. The summed E-state index contributed by atoms with van der Waals surface area (Å²) in [5.41, 5.74) is 2.87. The summed E-state index contributed by atoms with van der Waals surface area (Å²) in [4.78, 5) is 30.9. The number of carbonyl (C=O) groups excluding carboxylic acids is 2. The highest BCUT2D eigenvalue weighted by atomic mass is 32.2. The summed E-state index contributed by atoms with van der Waals surface area (Å²) in [5, 5.41) is 3.04. The van der Waals surface area contributed by atoms with Crippen LogP contribution in [0.4, 0.5) is 4.79 Å². The number of thioether (sulfide) groups is 1. The van der Waals surface area contributed by atoms with Crippen molar-refractivity contribution in [3.05, 3.63) is 132 Å². The van der Waals surface area contributed by atoms with Crippen molar-refractivity contribution in [1.82, 2.24) is 19.6 Å². The Labute approximate surface area is 291 Å². The Balaban J connectivity index is 1.38. The molecule has 0 aliphatic rings. The Morgan fingerprint density at radius 3 is 2.08 bits per heavy atom. The number of amides is 2. The zero-order valence-corrected chi connectivity index (χ0v) is 29.4. The van der Waals surface area contributed by atoms with E-state index in [-0.39, 0.29) is 28.6 Å². The zero-order chi connectivity index (χ0) is 35.0. The second kappa shape index (κ2) is 15.7. The molecule has 10 nitrogen and oxygen atoms in total. The number of Topliss-reactive ketones (excluding diaryl/α,β-unsaturated/α-hetero) is 1. The van der Waals surface area contributed by atoms with Crippen molar-refractivity contribution in [2.45, 2.75) is 47.7 Å². The molecule has 0 atom stereocenters. The lowest BCUT2D eigenvalue weighted by Gasteiger charge is -2.14. The van der Waals surface area contributed by atoms with Crippen LogP contribution in [0.25, 0.3) is 11.1 Å². The molecule has 0 aliphatic heterocycles. The topological polar surface area (TPSA) is 144 Å². The monoisotopic (exact) mass is 716 g/mol. The molecule has 4 aromatic carbocycles. The molecule has 0 bridgehead atoms. The Kier molecular flexibility index (Phi) is 11.4. The number of aromatic nitrogens is 2. The van der Waals surface area contributed by atoms with Gasteiger partial charge in [0.25, 0.3) is 10.0 Å². The first-order chi connectivity index (χ1) is 23.5. The van der Waals surface area contributed by atoms with E-state index in [2.05, 4.69) is 10.0 Å². The first kappa shape index (κ1) is 35.6. The number of hydrogen-bond acceptors (Lipinski definition) is 8. The van der Waals surface area contributed by atoms with E-state index >= 15 is 0 Å². The van der Waals surface area contributed by atoms with Crippen LogP contribution in [-0.2, 0) is 39.4 Å². The number of sulfonamides is 1. The molecule has 1 aromatic heterocycles. The number of benzene rings is 4. The molecule has 1 heterocycles. The molecular weight excluding hydrogens is 681 g/mol. The molecule has 5 aromatic rings. The van der Waals surface area contributed by atoms with E-state index in [1.807, 2.05) is 49.4 Å². The van der Waals surface area contributed by atoms with Crippen molar-refractivity contribution in [3.63, 3.8) is 0 Å². The van der Waals surface area contributed by atoms with Gasteiger partial charge >= 0.3 is 6.03 Å². The number of rotatable bonds is 14. The molecule has 0 aliphatic carbocycles. The van der Waals surface area contributed by atoms with Crippen LogP contribution in [-0.4, -0.2) is 50.2 Å². The van der Waals surface area contributed by atoms with Crippen molar-refractivity contribution in [2.75, 3.05) is 12.0 Å². The maximum absolute atomic E-state index is 13.7. The van der Waals surface area contributed by atoms with Gasteiger partial charge in [-0.15, -0.1) is 11.8 Å². The van der Waals surface area contributed by atoms with Crippen molar-refractivity contribution in [1.29, 1.82) is 0 Å². The summed E-state index contributed by atoms with van der Waals surface area (Å²) in [6, 6.07) is 29.8. The summed E-state index contributed by atoms with van der Waals surface area (Å²) in [6.45, 7) is 2.41. The molecule has 0 radical (unpaired) electrons. The molecule has 2 N–H and O–H groups in total. The molecule has 49 heavy (non-hydrogen) atoms. The van der Waals surface area contributed by atoms with Gasteiger partial charge in [-0.1, -0.05) is 97.9 Å². The first-order valence-electron chi connectivity index (χ1n) is 15.5. The van der Waals surface area contributed by atoms with Crippen LogP contribution in [0.5, 0.6) is 0 Å². The fourth-order valence-electron chi connectivity index (χ4n) is 5.33. The van der Waals surface area contributed by atoms with Crippen molar-refractivity contribution < 1.29 is 26.4 Å². The van der Waals surface area contributed by atoms with E-state index in [1.54, 1.807) is 59.4 Å². The normalized spacial score (nSPS) is 11.6. The predicted octanol–water partition coefficient (Wildman–Crippen LogP) is 6.12. The summed E-state index contributed by atoms with van der Waals surface area (Å²) >= 11 is 1.29. The van der Waals surface area contributed by atoms with Gasteiger partial charge in [0, 0.05) is 25.1 Å². The minimum Gasteiger partial charge on any atom is -0.333 e. The van der Waals surface area contributed by atoms with Crippen LogP contribution in [0.15, 0.2) is 124 Å². The minimum atomic E-state index is -4.23. The lowest BCUT2D eigenvalue weighted by Crippen LogP contribution is -2.39. The van der Waals surface area contributed by atoms with Crippen LogP contribution >= 0.6 is 11.8 Å². The Hall–Kier alpha value is -4.72. The largest absolute Gasteiger partial charge is 0.333 e. The molecule has 5 rings (SSSR count). The highest BCUT2D eigenvalue weighted by Crippen LogP contribution is 2.29. The number of nitrogens with one attached hydrogen (secondary N) is 2. The predicted molar refractivity (Wildman–Crippen MR) is 191 cm³/mol. The van der Waals surface area contributed by atoms with Gasteiger partial charge in [-0.2, -0.15) is 0 Å². The SMILES string of the molecule is CCCc1nc(SC)c(C(=O)CS(=O)(=O)c2ccccc2)n1Cc1ccc(-c2ccccc2S(=O)(=O)NC(=O)NCc2ccccc2)cc1. The number of imidazole rings is 1. The summed E-state index contributed by atoms with van der Waals surface area (Å²) in [5.74, 6) is -0.562. The molecule has 254 valence electrons. The molecule has 0 fully saturated rings. The lowest BCUT2D eigenvalue weighted by molar-refractivity contribution is 0.100. The molecule has 0 saturated carbocycles. The second-order valence-corrected chi connectivity index (χ2v) is 15.6. The van der Waals surface area contributed by atoms with E-state index in [1.165, 1.54) is 30.0 Å².